The molecule has 1 aliphatic heterocycles. The van der Waals surface area contributed by atoms with Gasteiger partial charge in [0.25, 0.3) is 5.91 Å². The molecule has 1 aromatic heterocycles. The third-order valence-electron chi connectivity index (χ3n) is 7.67. The molecule has 0 radical (unpaired) electrons. The van der Waals surface area contributed by atoms with E-state index in [4.69, 9.17) is 18.9 Å². The molecule has 10 nitrogen and oxygen atoms in total. The monoisotopic (exact) mass is 628 g/mol. The molecule has 1 N–H and O–H groups in total. The van der Waals surface area contributed by atoms with E-state index < -0.39 is 0 Å². The zero-order valence-corrected chi connectivity index (χ0v) is 26.9. The molecule has 46 heavy (non-hydrogen) atoms. The van der Waals surface area contributed by atoms with Crippen molar-refractivity contribution in [3.8, 4) is 28.4 Å². The van der Waals surface area contributed by atoms with Crippen molar-refractivity contribution in [2.24, 2.45) is 0 Å². The predicted octanol–water partition coefficient (Wildman–Crippen LogP) is 4.62. The highest BCUT2D eigenvalue weighted by Crippen LogP contribution is 2.30. The van der Waals surface area contributed by atoms with Gasteiger partial charge in [0, 0.05) is 57.9 Å². The number of aromatic nitrogens is 2. The molecule has 0 saturated carbocycles. The van der Waals surface area contributed by atoms with Gasteiger partial charge in [0.15, 0.2) is 0 Å². The van der Waals surface area contributed by atoms with Gasteiger partial charge in [0.05, 0.1) is 37.2 Å². The number of hydrogen-bond donors (Lipinski definition) is 1. The fourth-order valence-electron chi connectivity index (χ4n) is 5.49. The highest BCUT2D eigenvalue weighted by atomic mass is 16.5. The first-order valence-corrected chi connectivity index (χ1v) is 15.9. The number of benzene rings is 3. The summed E-state index contributed by atoms with van der Waals surface area (Å²) in [5.41, 5.74) is 2.80. The van der Waals surface area contributed by atoms with E-state index in [2.05, 4.69) is 5.32 Å². The molecule has 244 valence electrons. The maximum atomic E-state index is 14.6. The lowest BCUT2D eigenvalue weighted by Crippen LogP contribution is -2.47. The van der Waals surface area contributed by atoms with Gasteiger partial charge in [-0.25, -0.2) is 4.79 Å². The van der Waals surface area contributed by atoms with Crippen LogP contribution in [0.1, 0.15) is 36.3 Å². The Bertz CT molecular complexity index is 1630. The fourth-order valence-corrected chi connectivity index (χ4v) is 5.49. The van der Waals surface area contributed by atoms with Crippen molar-refractivity contribution in [1.29, 1.82) is 0 Å². The Morgan fingerprint density at radius 3 is 2.30 bits per heavy atom. The van der Waals surface area contributed by atoms with Gasteiger partial charge in [0.2, 0.25) is 0 Å². The average Bonchev–Trinajstić information content (AvgIpc) is 3.37. The van der Waals surface area contributed by atoms with Crippen LogP contribution in [-0.4, -0.2) is 85.8 Å². The maximum Gasteiger partial charge on any atom is 0.334 e. The van der Waals surface area contributed by atoms with E-state index in [1.807, 2.05) is 97.6 Å². The zero-order valence-electron chi connectivity index (χ0n) is 26.9. The minimum atomic E-state index is -0.314. The summed E-state index contributed by atoms with van der Waals surface area (Å²) in [4.78, 5) is 30.8. The molecule has 0 spiro atoms. The summed E-state index contributed by atoms with van der Waals surface area (Å²) >= 11 is 0. The number of amides is 1. The van der Waals surface area contributed by atoms with Crippen molar-refractivity contribution < 1.29 is 23.7 Å². The van der Waals surface area contributed by atoms with Crippen LogP contribution >= 0.6 is 0 Å². The zero-order chi connectivity index (χ0) is 32.3. The van der Waals surface area contributed by atoms with E-state index in [1.165, 1.54) is 0 Å². The number of nitrogens with zero attached hydrogens (tertiary/aromatic N) is 3. The topological polar surface area (TPSA) is 96.2 Å². The number of hydrogen-bond acceptors (Lipinski definition) is 7. The van der Waals surface area contributed by atoms with E-state index >= 15 is 0 Å². The summed E-state index contributed by atoms with van der Waals surface area (Å²) in [7, 11) is 1.66. The Balaban J connectivity index is 1.60. The first-order chi connectivity index (χ1) is 22.5. The van der Waals surface area contributed by atoms with Crippen LogP contribution in [0.2, 0.25) is 0 Å². The summed E-state index contributed by atoms with van der Waals surface area (Å²) in [6, 6.07) is 24.7. The summed E-state index contributed by atoms with van der Waals surface area (Å²) in [5, 5.41) is 3.32. The Kier molecular flexibility index (Phi) is 11.7. The van der Waals surface area contributed by atoms with Crippen LogP contribution in [0.25, 0.3) is 16.9 Å². The number of nitrogens with one attached hydrogen (secondary N) is 1. The molecular formula is C36H44N4O6. The number of ether oxygens (including phenoxy) is 4. The average molecular weight is 629 g/mol. The third-order valence-corrected chi connectivity index (χ3v) is 7.67. The highest BCUT2D eigenvalue weighted by molar-refractivity contribution is 5.99. The lowest BCUT2D eigenvalue weighted by atomic mass is 10.1. The van der Waals surface area contributed by atoms with Crippen LogP contribution < -0.4 is 20.5 Å². The van der Waals surface area contributed by atoms with Crippen molar-refractivity contribution in [2.75, 3.05) is 59.7 Å². The molecule has 0 aliphatic carbocycles. The Morgan fingerprint density at radius 2 is 1.57 bits per heavy atom. The molecule has 3 aromatic carbocycles. The number of carbonyl (C=O) groups is 1. The molecule has 1 amide bonds. The number of piperazine rings is 1. The smallest absolute Gasteiger partial charge is 0.334 e. The molecular weight excluding hydrogens is 584 g/mol. The molecule has 0 atom stereocenters. The number of rotatable bonds is 15. The molecule has 0 unspecified atom stereocenters. The Hall–Kier alpha value is -4.38. The van der Waals surface area contributed by atoms with Crippen molar-refractivity contribution in [2.45, 2.75) is 32.9 Å². The van der Waals surface area contributed by atoms with E-state index in [-0.39, 0.29) is 24.2 Å². The second kappa shape index (κ2) is 16.3. The van der Waals surface area contributed by atoms with Crippen LogP contribution in [0, 0.1) is 0 Å². The first kappa shape index (κ1) is 33.0. The number of methoxy groups -OCH3 is 1. The predicted molar refractivity (Wildman–Crippen MR) is 178 cm³/mol. The molecule has 0 bridgehead atoms. The molecule has 1 fully saturated rings. The Morgan fingerprint density at radius 1 is 0.848 bits per heavy atom. The van der Waals surface area contributed by atoms with Crippen LogP contribution in [-0.2, 0) is 16.0 Å². The van der Waals surface area contributed by atoms with E-state index in [1.54, 1.807) is 16.2 Å². The quantitative estimate of drug-likeness (QED) is 0.192. The largest absolute Gasteiger partial charge is 0.493 e. The molecule has 1 aliphatic rings. The van der Waals surface area contributed by atoms with E-state index in [0.29, 0.717) is 81.2 Å². The minimum Gasteiger partial charge on any atom is -0.493 e. The normalized spacial score (nSPS) is 13.3. The van der Waals surface area contributed by atoms with Gasteiger partial charge in [0.1, 0.15) is 23.8 Å². The molecule has 1 saturated heterocycles. The summed E-state index contributed by atoms with van der Waals surface area (Å²) in [6.07, 6.45) is 0.864. The fraction of sp³-hybridized carbons (Fsp3) is 0.389. The van der Waals surface area contributed by atoms with Gasteiger partial charge in [-0.15, -0.1) is 0 Å². The van der Waals surface area contributed by atoms with Gasteiger partial charge in [-0.2, -0.15) is 0 Å². The second-order valence-corrected chi connectivity index (χ2v) is 11.4. The van der Waals surface area contributed by atoms with E-state index in [0.717, 1.165) is 17.5 Å². The maximum absolute atomic E-state index is 14.6. The SMILES string of the molecule is COCCCOc1cccc(-n2c(-c3ccccc3)c(C(=O)N3CCNCC3)n(Cc3cccc(OCCOC(C)C)c3)c2=O)c1. The van der Waals surface area contributed by atoms with Gasteiger partial charge < -0.3 is 29.2 Å². The summed E-state index contributed by atoms with van der Waals surface area (Å²) in [6.45, 7) is 8.61. The van der Waals surface area contributed by atoms with Gasteiger partial charge in [-0.05, 0) is 43.7 Å². The molecule has 2 heterocycles. The van der Waals surface area contributed by atoms with Gasteiger partial charge >= 0.3 is 5.69 Å². The lowest BCUT2D eigenvalue weighted by molar-refractivity contribution is 0.0552. The molecule has 4 aromatic rings. The number of carbonyl (C=O) groups excluding carboxylic acids is 1. The van der Waals surface area contributed by atoms with Crippen molar-refractivity contribution >= 4 is 5.91 Å². The van der Waals surface area contributed by atoms with Crippen molar-refractivity contribution in [3.63, 3.8) is 0 Å². The highest BCUT2D eigenvalue weighted by Gasteiger charge is 2.31. The van der Waals surface area contributed by atoms with E-state index in [9.17, 15) is 9.59 Å². The Labute approximate surface area is 270 Å². The number of imidazole rings is 1. The summed E-state index contributed by atoms with van der Waals surface area (Å²) < 4.78 is 25.9. The van der Waals surface area contributed by atoms with Crippen molar-refractivity contribution in [3.05, 3.63) is 101 Å². The lowest BCUT2D eigenvalue weighted by Gasteiger charge is -2.28. The van der Waals surface area contributed by atoms with Crippen LogP contribution in [0.3, 0.4) is 0 Å². The van der Waals surface area contributed by atoms with Crippen molar-refractivity contribution in [1.82, 2.24) is 19.4 Å². The first-order valence-electron chi connectivity index (χ1n) is 15.9. The van der Waals surface area contributed by atoms with Gasteiger partial charge in [-0.1, -0.05) is 48.5 Å². The van der Waals surface area contributed by atoms with Crippen LogP contribution in [0.4, 0.5) is 0 Å². The summed E-state index contributed by atoms with van der Waals surface area (Å²) in [5.74, 6) is 1.13. The van der Waals surface area contributed by atoms with Crippen LogP contribution in [0.15, 0.2) is 83.7 Å². The van der Waals surface area contributed by atoms with Gasteiger partial charge in [-0.3, -0.25) is 13.9 Å². The second-order valence-electron chi connectivity index (χ2n) is 11.4. The standard InChI is InChI=1S/C36H44N4O6/c1-27(2)44-22-23-46-31-14-7-10-28(24-31)26-39-34(35(41)38-18-16-37-17-19-38)33(29-11-5-4-6-12-29)40(36(39)42)30-13-8-15-32(25-30)45-21-9-20-43-3/h4-8,10-15,24-25,27,37H,9,16-23,26H2,1-3H3. The van der Waals surface area contributed by atoms with Crippen LogP contribution in [0.5, 0.6) is 11.5 Å². The minimum absolute atomic E-state index is 0.124. The molecule has 5 rings (SSSR count). The molecule has 10 heteroatoms. The third kappa shape index (κ3) is 8.25.